The molecule has 2 atom stereocenters. The molecule has 3 heterocycles. The number of aromatic nitrogens is 4. The Kier molecular flexibility index (Phi) is 3.23. The van der Waals surface area contributed by atoms with Gasteiger partial charge in [0.05, 0.1) is 23.9 Å². The van der Waals surface area contributed by atoms with Gasteiger partial charge in [0, 0.05) is 32.5 Å². The van der Waals surface area contributed by atoms with E-state index in [1.807, 2.05) is 0 Å². The van der Waals surface area contributed by atoms with Crippen molar-refractivity contribution in [3.8, 4) is 0 Å². The fraction of sp³-hybridized carbons (Fsp3) is 0.417. The highest BCUT2D eigenvalue weighted by Crippen LogP contribution is 2.28. The van der Waals surface area contributed by atoms with Gasteiger partial charge in [0.25, 0.3) is 5.91 Å². The highest BCUT2D eigenvalue weighted by atomic mass is 19.1. The smallest absolute Gasteiger partial charge is 0.270 e. The molecule has 20 heavy (non-hydrogen) atoms. The van der Waals surface area contributed by atoms with Crippen LogP contribution in [0.25, 0.3) is 0 Å². The lowest BCUT2D eigenvalue weighted by Crippen LogP contribution is -2.30. The van der Waals surface area contributed by atoms with E-state index in [1.54, 1.807) is 18.2 Å². The third-order valence-corrected chi connectivity index (χ3v) is 3.55. The number of rotatable bonds is 3. The van der Waals surface area contributed by atoms with E-state index in [-0.39, 0.29) is 23.6 Å². The maximum atomic E-state index is 13.0. The SMILES string of the molecule is CO[C@@H]1CN(C(=O)c2cc(F)c[nH]2)C[C@H]1c1cn[nH]n1. The van der Waals surface area contributed by atoms with Crippen LogP contribution < -0.4 is 0 Å². The molecule has 8 heteroatoms. The molecule has 1 aliphatic rings. The summed E-state index contributed by atoms with van der Waals surface area (Å²) in [7, 11) is 1.60. The number of ether oxygens (including phenoxy) is 1. The topological polar surface area (TPSA) is 86.9 Å². The molecule has 0 unspecified atom stereocenters. The van der Waals surface area contributed by atoms with Gasteiger partial charge in [-0.05, 0) is 0 Å². The van der Waals surface area contributed by atoms with Gasteiger partial charge in [-0.3, -0.25) is 4.79 Å². The Morgan fingerprint density at radius 3 is 3.00 bits per heavy atom. The molecule has 7 nitrogen and oxygen atoms in total. The minimum Gasteiger partial charge on any atom is -0.379 e. The van der Waals surface area contributed by atoms with Gasteiger partial charge in [-0.2, -0.15) is 15.4 Å². The van der Waals surface area contributed by atoms with Crippen LogP contribution in [0.5, 0.6) is 0 Å². The molecule has 0 radical (unpaired) electrons. The highest BCUT2D eigenvalue weighted by molar-refractivity contribution is 5.92. The number of H-pyrrole nitrogens is 2. The van der Waals surface area contributed by atoms with Crippen molar-refractivity contribution in [1.82, 2.24) is 25.3 Å². The number of amides is 1. The monoisotopic (exact) mass is 279 g/mol. The zero-order valence-electron chi connectivity index (χ0n) is 10.8. The molecular weight excluding hydrogens is 265 g/mol. The predicted octanol–water partition coefficient (Wildman–Crippen LogP) is 0.526. The summed E-state index contributed by atoms with van der Waals surface area (Å²) in [4.78, 5) is 16.5. The van der Waals surface area contributed by atoms with Crippen LogP contribution in [0.1, 0.15) is 22.1 Å². The zero-order chi connectivity index (χ0) is 14.1. The van der Waals surface area contributed by atoms with E-state index in [4.69, 9.17) is 4.74 Å². The fourth-order valence-electron chi connectivity index (χ4n) is 2.51. The molecule has 106 valence electrons. The average molecular weight is 279 g/mol. The lowest BCUT2D eigenvalue weighted by Gasteiger charge is -2.14. The summed E-state index contributed by atoms with van der Waals surface area (Å²) < 4.78 is 18.4. The number of aromatic amines is 2. The molecule has 0 spiro atoms. The predicted molar refractivity (Wildman–Crippen MR) is 66.6 cm³/mol. The van der Waals surface area contributed by atoms with E-state index in [2.05, 4.69) is 20.4 Å². The molecule has 0 aromatic carbocycles. The van der Waals surface area contributed by atoms with Gasteiger partial charge in [0.15, 0.2) is 0 Å². The maximum absolute atomic E-state index is 13.0. The van der Waals surface area contributed by atoms with Crippen molar-refractivity contribution in [2.75, 3.05) is 20.2 Å². The summed E-state index contributed by atoms with van der Waals surface area (Å²) in [5.41, 5.74) is 0.989. The lowest BCUT2D eigenvalue weighted by atomic mass is 10.0. The third-order valence-electron chi connectivity index (χ3n) is 3.55. The van der Waals surface area contributed by atoms with E-state index in [0.29, 0.717) is 13.1 Å². The summed E-state index contributed by atoms with van der Waals surface area (Å²) >= 11 is 0. The zero-order valence-corrected chi connectivity index (χ0v) is 10.8. The van der Waals surface area contributed by atoms with Crippen LogP contribution in [0.2, 0.25) is 0 Å². The van der Waals surface area contributed by atoms with Crippen molar-refractivity contribution in [2.45, 2.75) is 12.0 Å². The number of nitrogens with one attached hydrogen (secondary N) is 2. The van der Waals surface area contributed by atoms with Crippen molar-refractivity contribution in [3.05, 3.63) is 35.7 Å². The average Bonchev–Trinajstić information content (AvgIpc) is 3.17. The van der Waals surface area contributed by atoms with Crippen molar-refractivity contribution in [3.63, 3.8) is 0 Å². The molecule has 1 fully saturated rings. The number of hydrogen-bond acceptors (Lipinski definition) is 4. The van der Waals surface area contributed by atoms with E-state index >= 15 is 0 Å². The van der Waals surface area contributed by atoms with Crippen molar-refractivity contribution in [1.29, 1.82) is 0 Å². The molecule has 3 rings (SSSR count). The van der Waals surface area contributed by atoms with Crippen LogP contribution in [0, 0.1) is 5.82 Å². The van der Waals surface area contributed by atoms with E-state index in [1.165, 1.54) is 6.07 Å². The number of nitrogens with zero attached hydrogens (tertiary/aromatic N) is 3. The Bertz CT molecular complexity index is 597. The number of hydrogen-bond donors (Lipinski definition) is 2. The summed E-state index contributed by atoms with van der Waals surface area (Å²) in [5, 5.41) is 10.4. The van der Waals surface area contributed by atoms with Crippen LogP contribution in [0.4, 0.5) is 4.39 Å². The molecule has 0 saturated carbocycles. The fourth-order valence-corrected chi connectivity index (χ4v) is 2.51. The molecular formula is C12H14FN5O2. The first-order valence-electron chi connectivity index (χ1n) is 6.20. The number of likely N-dealkylation sites (tertiary alicyclic amines) is 1. The number of carbonyl (C=O) groups excluding carboxylic acids is 1. The van der Waals surface area contributed by atoms with E-state index < -0.39 is 5.82 Å². The van der Waals surface area contributed by atoms with Crippen LogP contribution in [0.3, 0.4) is 0 Å². The van der Waals surface area contributed by atoms with Gasteiger partial charge in [0.1, 0.15) is 11.5 Å². The summed E-state index contributed by atoms with van der Waals surface area (Å²) in [5.74, 6) is -0.742. The molecule has 1 aliphatic heterocycles. The summed E-state index contributed by atoms with van der Waals surface area (Å²) in [6, 6.07) is 1.19. The van der Waals surface area contributed by atoms with Crippen molar-refractivity contribution < 1.29 is 13.9 Å². The summed E-state index contributed by atoms with van der Waals surface area (Å²) in [6.07, 6.45) is 2.63. The first-order chi connectivity index (χ1) is 9.69. The van der Waals surface area contributed by atoms with Crippen LogP contribution in [-0.4, -0.2) is 57.5 Å². The second-order valence-corrected chi connectivity index (χ2v) is 4.72. The Morgan fingerprint density at radius 1 is 1.55 bits per heavy atom. The molecule has 2 aromatic rings. The Hall–Kier alpha value is -2.22. The van der Waals surface area contributed by atoms with Gasteiger partial charge < -0.3 is 14.6 Å². The second-order valence-electron chi connectivity index (χ2n) is 4.72. The van der Waals surface area contributed by atoms with Crippen LogP contribution in [0.15, 0.2) is 18.5 Å². The first-order valence-corrected chi connectivity index (χ1v) is 6.20. The second kappa shape index (κ2) is 5.04. The van der Waals surface area contributed by atoms with E-state index in [0.717, 1.165) is 11.9 Å². The van der Waals surface area contributed by atoms with Crippen LogP contribution in [-0.2, 0) is 4.74 Å². The molecule has 1 amide bonds. The van der Waals surface area contributed by atoms with Crippen molar-refractivity contribution >= 4 is 5.91 Å². The standard InChI is InChI=1S/C12H14FN5O2/c1-20-11-6-18(5-8(11)10-4-15-17-16-10)12(19)9-2-7(13)3-14-9/h2-4,8,11,14H,5-6H2,1H3,(H,15,16,17)/t8-,11+/m0/s1. The molecule has 0 aliphatic carbocycles. The molecule has 1 saturated heterocycles. The Morgan fingerprint density at radius 2 is 2.40 bits per heavy atom. The largest absolute Gasteiger partial charge is 0.379 e. The molecule has 2 aromatic heterocycles. The minimum atomic E-state index is -0.455. The Labute approximate surface area is 114 Å². The normalized spacial score (nSPS) is 22.4. The van der Waals surface area contributed by atoms with E-state index in [9.17, 15) is 9.18 Å². The number of carbonyl (C=O) groups is 1. The van der Waals surface area contributed by atoms with Crippen LogP contribution >= 0.6 is 0 Å². The number of halogens is 1. The summed E-state index contributed by atoms with van der Waals surface area (Å²) in [6.45, 7) is 0.901. The van der Waals surface area contributed by atoms with Gasteiger partial charge in [-0.1, -0.05) is 0 Å². The number of methoxy groups -OCH3 is 1. The highest BCUT2D eigenvalue weighted by Gasteiger charge is 2.38. The van der Waals surface area contributed by atoms with Gasteiger partial charge >= 0.3 is 0 Å². The Balaban J connectivity index is 1.78. The quantitative estimate of drug-likeness (QED) is 0.858. The van der Waals surface area contributed by atoms with Gasteiger partial charge in [-0.25, -0.2) is 4.39 Å². The minimum absolute atomic E-state index is 0.0393. The van der Waals surface area contributed by atoms with Gasteiger partial charge in [0.2, 0.25) is 0 Å². The first kappa shape index (κ1) is 12.8. The third kappa shape index (κ3) is 2.18. The van der Waals surface area contributed by atoms with Crippen molar-refractivity contribution in [2.24, 2.45) is 0 Å². The molecule has 0 bridgehead atoms. The van der Waals surface area contributed by atoms with Gasteiger partial charge in [-0.15, -0.1) is 0 Å². The molecule has 2 N–H and O–H groups in total. The lowest BCUT2D eigenvalue weighted by molar-refractivity contribution is 0.0710. The maximum Gasteiger partial charge on any atom is 0.270 e.